The lowest BCUT2D eigenvalue weighted by atomic mass is 10.3. The van der Waals surface area contributed by atoms with E-state index < -0.39 is 0 Å². The van der Waals surface area contributed by atoms with E-state index >= 15 is 0 Å². The van der Waals surface area contributed by atoms with Crippen LogP contribution in [0.25, 0.3) is 10.4 Å². The topological polar surface area (TPSA) is 69.0 Å². The summed E-state index contributed by atoms with van der Waals surface area (Å²) in [6.07, 6.45) is 0.806. The zero-order valence-electron chi connectivity index (χ0n) is 6.60. The lowest BCUT2D eigenvalue weighted by Gasteiger charge is -2.06. The minimum Gasteiger partial charge on any atom is -0.396 e. The molecule has 0 saturated heterocycles. The fraction of sp³-hybridized carbons (Fsp3) is 1.00. The fourth-order valence-corrected chi connectivity index (χ4v) is 1.47. The van der Waals surface area contributed by atoms with Crippen molar-refractivity contribution in [2.75, 3.05) is 18.9 Å². The standard InChI is InChI=1S/C6H13N3OS/c1-6(2-4-10)11-5-3-8-9-7/h6,10H,2-5H2,1H3. The zero-order valence-corrected chi connectivity index (χ0v) is 7.42. The summed E-state index contributed by atoms with van der Waals surface area (Å²) >= 11 is 1.72. The van der Waals surface area contributed by atoms with Crippen LogP contribution in [0, 0.1) is 0 Å². The summed E-state index contributed by atoms with van der Waals surface area (Å²) < 4.78 is 0. The molecule has 0 aliphatic heterocycles. The third kappa shape index (κ3) is 7.52. The Morgan fingerprint density at radius 1 is 1.73 bits per heavy atom. The molecule has 0 saturated carbocycles. The number of hydrogen-bond donors (Lipinski definition) is 1. The van der Waals surface area contributed by atoms with Crippen molar-refractivity contribution in [3.8, 4) is 0 Å². The molecule has 0 aromatic heterocycles. The average molecular weight is 175 g/mol. The van der Waals surface area contributed by atoms with E-state index in [2.05, 4.69) is 16.9 Å². The summed E-state index contributed by atoms with van der Waals surface area (Å²) in [7, 11) is 0. The van der Waals surface area contributed by atoms with Crippen molar-refractivity contribution < 1.29 is 5.11 Å². The number of aliphatic hydroxyl groups excluding tert-OH is 1. The molecule has 0 aromatic carbocycles. The average Bonchev–Trinajstić information content (AvgIpc) is 1.99. The third-order valence-corrected chi connectivity index (χ3v) is 2.42. The Morgan fingerprint density at radius 2 is 2.45 bits per heavy atom. The van der Waals surface area contributed by atoms with Gasteiger partial charge in [-0.25, -0.2) is 0 Å². The van der Waals surface area contributed by atoms with Crippen molar-refractivity contribution in [1.29, 1.82) is 0 Å². The summed E-state index contributed by atoms with van der Waals surface area (Å²) in [6, 6.07) is 0. The van der Waals surface area contributed by atoms with Gasteiger partial charge in [-0.15, -0.1) is 0 Å². The fourth-order valence-electron chi connectivity index (χ4n) is 0.605. The van der Waals surface area contributed by atoms with Gasteiger partial charge in [0.1, 0.15) is 0 Å². The first-order valence-electron chi connectivity index (χ1n) is 3.54. The number of azide groups is 1. The van der Waals surface area contributed by atoms with E-state index in [-0.39, 0.29) is 6.61 Å². The molecule has 0 fully saturated rings. The van der Waals surface area contributed by atoms with Crippen molar-refractivity contribution in [1.82, 2.24) is 0 Å². The summed E-state index contributed by atoms with van der Waals surface area (Å²) in [4.78, 5) is 2.64. The first-order valence-corrected chi connectivity index (χ1v) is 4.59. The van der Waals surface area contributed by atoms with E-state index in [1.54, 1.807) is 11.8 Å². The summed E-state index contributed by atoms with van der Waals surface area (Å²) in [5.41, 5.74) is 7.94. The Kier molecular flexibility index (Phi) is 7.46. The highest BCUT2D eigenvalue weighted by Gasteiger charge is 1.99. The minimum absolute atomic E-state index is 0.232. The molecule has 11 heavy (non-hydrogen) atoms. The number of rotatable bonds is 6. The summed E-state index contributed by atoms with van der Waals surface area (Å²) in [5.74, 6) is 0.839. The highest BCUT2D eigenvalue weighted by atomic mass is 32.2. The Bertz CT molecular complexity index is 136. The van der Waals surface area contributed by atoms with Crippen molar-refractivity contribution in [3.63, 3.8) is 0 Å². The van der Waals surface area contributed by atoms with E-state index in [1.807, 2.05) is 0 Å². The molecule has 0 aliphatic rings. The highest BCUT2D eigenvalue weighted by molar-refractivity contribution is 7.99. The Morgan fingerprint density at radius 3 is 3.00 bits per heavy atom. The molecule has 1 atom stereocenters. The second-order valence-corrected chi connectivity index (χ2v) is 3.69. The van der Waals surface area contributed by atoms with Crippen molar-refractivity contribution in [2.24, 2.45) is 5.11 Å². The molecule has 0 aliphatic carbocycles. The van der Waals surface area contributed by atoms with Crippen LogP contribution in [0.15, 0.2) is 5.11 Å². The molecule has 0 spiro atoms. The van der Waals surface area contributed by atoms with Crippen LogP contribution in [0.2, 0.25) is 0 Å². The number of thioether (sulfide) groups is 1. The van der Waals surface area contributed by atoms with Gasteiger partial charge in [-0.05, 0) is 17.7 Å². The van der Waals surface area contributed by atoms with Gasteiger partial charge in [0.05, 0.1) is 0 Å². The summed E-state index contributed by atoms with van der Waals surface area (Å²) in [6.45, 7) is 2.82. The predicted octanol–water partition coefficient (Wildman–Crippen LogP) is 1.80. The van der Waals surface area contributed by atoms with Gasteiger partial charge in [0, 0.05) is 23.3 Å². The van der Waals surface area contributed by atoms with Crippen LogP contribution in [0.1, 0.15) is 13.3 Å². The van der Waals surface area contributed by atoms with Crippen molar-refractivity contribution in [3.05, 3.63) is 10.4 Å². The molecule has 0 rings (SSSR count). The van der Waals surface area contributed by atoms with Crippen LogP contribution >= 0.6 is 11.8 Å². The van der Waals surface area contributed by atoms with Gasteiger partial charge in [0.15, 0.2) is 0 Å². The van der Waals surface area contributed by atoms with Gasteiger partial charge >= 0.3 is 0 Å². The van der Waals surface area contributed by atoms with Crippen LogP contribution in [0.3, 0.4) is 0 Å². The molecular weight excluding hydrogens is 162 g/mol. The predicted molar refractivity (Wildman–Crippen MR) is 47.6 cm³/mol. The monoisotopic (exact) mass is 175 g/mol. The van der Waals surface area contributed by atoms with Crippen LogP contribution in [-0.4, -0.2) is 29.3 Å². The largest absolute Gasteiger partial charge is 0.396 e. The van der Waals surface area contributed by atoms with E-state index in [9.17, 15) is 0 Å². The van der Waals surface area contributed by atoms with Crippen molar-refractivity contribution in [2.45, 2.75) is 18.6 Å². The van der Waals surface area contributed by atoms with E-state index in [0.29, 0.717) is 11.8 Å². The molecule has 0 bridgehead atoms. The Balaban J connectivity index is 3.16. The van der Waals surface area contributed by atoms with Gasteiger partial charge in [0.25, 0.3) is 0 Å². The summed E-state index contributed by atoms with van der Waals surface area (Å²) in [5, 5.41) is 12.4. The van der Waals surface area contributed by atoms with E-state index in [0.717, 1.165) is 12.2 Å². The van der Waals surface area contributed by atoms with E-state index in [1.165, 1.54) is 0 Å². The quantitative estimate of drug-likeness (QED) is 0.289. The second-order valence-electron chi connectivity index (χ2n) is 2.15. The Hall–Kier alpha value is -0.380. The molecule has 4 nitrogen and oxygen atoms in total. The first kappa shape index (κ1) is 10.6. The van der Waals surface area contributed by atoms with Crippen LogP contribution in [-0.2, 0) is 0 Å². The Labute approximate surface area is 70.6 Å². The number of aliphatic hydroxyl groups is 1. The van der Waals surface area contributed by atoms with Gasteiger partial charge in [0.2, 0.25) is 0 Å². The first-order chi connectivity index (χ1) is 5.31. The van der Waals surface area contributed by atoms with Gasteiger partial charge in [-0.3, -0.25) is 0 Å². The van der Waals surface area contributed by atoms with Crippen LogP contribution in [0.4, 0.5) is 0 Å². The molecule has 64 valence electrons. The SMILES string of the molecule is CC(CCO)SCCN=[N+]=[N-]. The molecule has 5 heteroatoms. The molecule has 0 aromatic rings. The molecule has 1 N–H and O–H groups in total. The number of nitrogens with zero attached hydrogens (tertiary/aromatic N) is 3. The maximum atomic E-state index is 8.54. The van der Waals surface area contributed by atoms with Gasteiger partial charge < -0.3 is 5.11 Å². The lowest BCUT2D eigenvalue weighted by molar-refractivity contribution is 0.289. The van der Waals surface area contributed by atoms with Gasteiger partial charge in [-0.1, -0.05) is 12.0 Å². The molecule has 1 unspecified atom stereocenters. The second kappa shape index (κ2) is 7.72. The number of hydrogen-bond acceptors (Lipinski definition) is 3. The smallest absolute Gasteiger partial charge is 0.0441 e. The molecule has 0 radical (unpaired) electrons. The molecular formula is C6H13N3OS. The normalized spacial score (nSPS) is 12.2. The van der Waals surface area contributed by atoms with E-state index in [4.69, 9.17) is 10.6 Å². The zero-order chi connectivity index (χ0) is 8.53. The van der Waals surface area contributed by atoms with Gasteiger partial charge in [-0.2, -0.15) is 11.8 Å². The van der Waals surface area contributed by atoms with Crippen LogP contribution < -0.4 is 0 Å². The third-order valence-electron chi connectivity index (χ3n) is 1.19. The lowest BCUT2D eigenvalue weighted by Crippen LogP contribution is -2.01. The minimum atomic E-state index is 0.232. The van der Waals surface area contributed by atoms with Crippen LogP contribution in [0.5, 0.6) is 0 Å². The van der Waals surface area contributed by atoms with Crippen molar-refractivity contribution >= 4 is 11.8 Å². The highest BCUT2D eigenvalue weighted by Crippen LogP contribution is 2.12. The molecule has 0 amide bonds. The maximum absolute atomic E-state index is 8.54. The maximum Gasteiger partial charge on any atom is 0.0441 e. The molecule has 0 heterocycles.